The molecule has 0 atom stereocenters. The fraction of sp³-hybridized carbons (Fsp3) is 0.0294. The summed E-state index contributed by atoms with van der Waals surface area (Å²) in [5.74, 6) is -1.82. The molecule has 0 saturated carbocycles. The van der Waals surface area contributed by atoms with Crippen LogP contribution in [0.2, 0.25) is 0 Å². The first-order valence-electron chi connectivity index (χ1n) is 26.0. The van der Waals surface area contributed by atoms with Crippen molar-refractivity contribution in [3.8, 4) is 0 Å². The highest BCUT2D eigenvalue weighted by Crippen LogP contribution is 2.54. The Labute approximate surface area is 504 Å². The van der Waals surface area contributed by atoms with E-state index in [0.29, 0.717) is 56.2 Å². The predicted octanol–water partition coefficient (Wildman–Crippen LogP) is 14.6. The number of nitrogens with zero attached hydrogens (tertiary/aromatic N) is 4. The van der Waals surface area contributed by atoms with Gasteiger partial charge in [-0.05, 0) is 81.9 Å². The van der Waals surface area contributed by atoms with Crippen LogP contribution in [0.5, 0.6) is 0 Å². The number of carbonyl (C=O) groups excluding carboxylic acids is 6. The van der Waals surface area contributed by atoms with Crippen LogP contribution in [0.25, 0.3) is 33.9 Å². The molecule has 0 radical (unpaired) electrons. The van der Waals surface area contributed by atoms with Crippen LogP contribution in [0.3, 0.4) is 0 Å². The van der Waals surface area contributed by atoms with E-state index in [1.54, 1.807) is 82.6 Å². The first-order chi connectivity index (χ1) is 39.8. The molecule has 0 aromatic heterocycles. The van der Waals surface area contributed by atoms with E-state index in [2.05, 4.69) is 75.9 Å². The van der Waals surface area contributed by atoms with E-state index in [0.717, 1.165) is 62.4 Å². The van der Waals surface area contributed by atoms with Gasteiger partial charge in [0, 0.05) is 63.7 Å². The van der Waals surface area contributed by atoms with Gasteiger partial charge >= 0.3 is 0 Å². The molecule has 4 amide bonds. The number of hydrogen-bond donors (Lipinski definition) is 0. The highest BCUT2D eigenvalue weighted by atomic mass is 79.9. The van der Waals surface area contributed by atoms with Crippen molar-refractivity contribution in [1.29, 1.82) is 0 Å². The third-order valence-corrected chi connectivity index (χ3v) is 17.1. The van der Waals surface area contributed by atoms with Gasteiger partial charge in [0.2, 0.25) is 0 Å². The molecule has 0 fully saturated rings. The monoisotopic (exact) mass is 1320 g/mol. The molecule has 82 heavy (non-hydrogen) atoms. The zero-order valence-electron chi connectivity index (χ0n) is 42.9. The average molecular weight is 1330 g/mol. The van der Waals surface area contributed by atoms with Crippen molar-refractivity contribution in [3.63, 3.8) is 0 Å². The van der Waals surface area contributed by atoms with E-state index >= 15 is 0 Å². The van der Waals surface area contributed by atoms with Gasteiger partial charge in [0.05, 0.1) is 58.2 Å². The summed E-state index contributed by atoms with van der Waals surface area (Å²) < 4.78 is 3.51. The third-order valence-electron chi connectivity index (χ3n) is 15.0. The Morgan fingerprint density at radius 1 is 0.317 bits per heavy atom. The van der Waals surface area contributed by atoms with Crippen molar-refractivity contribution >= 4 is 133 Å². The Morgan fingerprint density at radius 3 is 0.988 bits per heavy atom. The highest BCUT2D eigenvalue weighted by molar-refractivity contribution is 9.11. The number of Topliss-reactive ketones (excluding diaryl/α,β-unsaturated/α-hetero) is 2. The maximum absolute atomic E-state index is 14.3. The zero-order valence-corrected chi connectivity index (χ0v) is 49.3. The van der Waals surface area contributed by atoms with Gasteiger partial charge in [-0.25, -0.2) is 0 Å². The van der Waals surface area contributed by atoms with Crippen LogP contribution < -0.4 is 0 Å². The fourth-order valence-electron chi connectivity index (χ4n) is 11.3. The first-order valence-corrected chi connectivity index (χ1v) is 29.1. The molecule has 6 heterocycles. The topological polar surface area (TPSA) is 115 Å². The molecule has 14 rings (SSSR count). The summed E-state index contributed by atoms with van der Waals surface area (Å²) in [4.78, 5) is 89.9. The van der Waals surface area contributed by atoms with Crippen molar-refractivity contribution in [1.82, 2.24) is 19.6 Å². The fourth-order valence-corrected chi connectivity index (χ4v) is 12.6. The summed E-state index contributed by atoms with van der Waals surface area (Å²) in [5.41, 5.74) is 12.9. The first kappa shape index (κ1) is 52.7. The minimum absolute atomic E-state index is 0.182. The van der Waals surface area contributed by atoms with E-state index in [-0.39, 0.29) is 47.6 Å². The third kappa shape index (κ3) is 9.06. The Morgan fingerprint density at radius 2 is 0.634 bits per heavy atom. The van der Waals surface area contributed by atoms with Crippen molar-refractivity contribution < 1.29 is 28.8 Å². The van der Waals surface area contributed by atoms with Crippen molar-refractivity contribution in [2.45, 2.75) is 0 Å². The van der Waals surface area contributed by atoms with E-state index in [1.807, 2.05) is 134 Å². The van der Waals surface area contributed by atoms with Crippen LogP contribution in [-0.2, 0) is 19.2 Å². The lowest BCUT2D eigenvalue weighted by atomic mass is 9.89. The van der Waals surface area contributed by atoms with Crippen LogP contribution in [0.15, 0.2) is 259 Å². The molecule has 8 aromatic rings. The van der Waals surface area contributed by atoms with Crippen LogP contribution in [-0.4, -0.2) is 67.9 Å². The average Bonchev–Trinajstić information content (AvgIpc) is 2.40. The van der Waals surface area contributed by atoms with Gasteiger partial charge in [0.1, 0.15) is 0 Å². The number of fused-ring (bicyclic) bond motifs is 8. The summed E-state index contributed by atoms with van der Waals surface area (Å²) in [6.45, 7) is -0.490. The van der Waals surface area contributed by atoms with Gasteiger partial charge in [0.25, 0.3) is 23.6 Å². The van der Waals surface area contributed by atoms with Gasteiger partial charge in [-0.2, -0.15) is 0 Å². The Balaban J connectivity index is 0.000000154. The lowest BCUT2D eigenvalue weighted by Crippen LogP contribution is -2.35. The minimum atomic E-state index is -0.465. The molecular weight excluding hydrogens is 1290 g/mol. The Kier molecular flexibility index (Phi) is 13.7. The predicted molar refractivity (Wildman–Crippen MR) is 330 cm³/mol. The smallest absolute Gasteiger partial charge is 0.265 e. The summed E-state index contributed by atoms with van der Waals surface area (Å²) in [6, 6.07) is 64.0. The molecule has 0 saturated heterocycles. The summed E-state index contributed by atoms with van der Waals surface area (Å²) >= 11 is 14.1. The normalized spacial score (nSPS) is 15.7. The lowest BCUT2D eigenvalue weighted by molar-refractivity contribution is -0.123. The van der Waals surface area contributed by atoms with E-state index in [1.165, 1.54) is 9.80 Å². The molecule has 6 aliphatic rings. The minimum Gasteiger partial charge on any atom is -0.299 e. The largest absolute Gasteiger partial charge is 0.299 e. The molecule has 0 N–H and O–H groups in total. The van der Waals surface area contributed by atoms with Gasteiger partial charge in [-0.3, -0.25) is 48.4 Å². The molecule has 6 aliphatic heterocycles. The second kappa shape index (κ2) is 21.3. The summed E-state index contributed by atoms with van der Waals surface area (Å²) in [6.07, 6.45) is 3.77. The molecule has 396 valence electrons. The van der Waals surface area contributed by atoms with Crippen molar-refractivity contribution in [2.75, 3.05) is 13.1 Å². The lowest BCUT2D eigenvalue weighted by Gasteiger charge is -2.30. The molecule has 0 bridgehead atoms. The van der Waals surface area contributed by atoms with E-state index in [4.69, 9.17) is 0 Å². The van der Waals surface area contributed by atoms with Crippen LogP contribution in [0.4, 0.5) is 0 Å². The number of carbonyl (C=O) groups is 6. The number of halogens is 4. The van der Waals surface area contributed by atoms with Gasteiger partial charge < -0.3 is 0 Å². The molecular formula is C68H40Br4N4O6. The standard InChI is InChI=1S/C34H22Br2N2O4.C34H18Br2N2O2/c35-25-15-11-23(12-16-25)31-29-30(33(41)37(31)19-27(39)21-7-3-1-4-8-21)32(24-13-17-26(36)18-14-24)38(34(29)42)20-28(40)22-9-5-2-6-10-22;35-21-11-13-23-25(15-21)27(19-7-3-1-4-8-19)17-37-31(23)29-30(33(37)39)32-24-14-12-22(36)16-26(24)28(18-38(32)34(29)40)20-9-5-2-6-10-20/h1-18H,19-20H2;1-18H. The number of benzene rings is 8. The Hall–Kier alpha value is -8.66. The number of ketones is 2. The highest BCUT2D eigenvalue weighted by Gasteiger charge is 2.52. The van der Waals surface area contributed by atoms with Gasteiger partial charge in [0.15, 0.2) is 11.6 Å². The summed E-state index contributed by atoms with van der Waals surface area (Å²) in [7, 11) is 0. The zero-order chi connectivity index (χ0) is 56.5. The van der Waals surface area contributed by atoms with Crippen molar-refractivity contribution in [3.05, 3.63) is 314 Å². The molecule has 0 unspecified atom stereocenters. The van der Waals surface area contributed by atoms with Crippen LogP contribution in [0, 0.1) is 0 Å². The maximum Gasteiger partial charge on any atom is 0.265 e. The molecule has 0 spiro atoms. The molecule has 0 aliphatic carbocycles. The maximum atomic E-state index is 14.3. The molecule has 14 heteroatoms. The number of rotatable bonds is 10. The molecule has 8 aromatic carbocycles. The number of amides is 4. The Bertz CT molecular complexity index is 4030. The second-order valence-electron chi connectivity index (χ2n) is 19.8. The van der Waals surface area contributed by atoms with Crippen LogP contribution in [0.1, 0.15) is 65.2 Å². The SMILES string of the molecule is O=C(CN1C(=O)C2=C(c3ccc(Br)cc3)N(CC(=O)c3ccccc3)C(=O)C2=C1c1ccc(Br)cc1)c1ccccc1.O=C1C2=C3c4ccc(Br)cc4C(c4ccccc4)=CN3C(=O)C2=C2c3ccc(Br)cc3C(c3ccccc3)=CN12. The van der Waals surface area contributed by atoms with Crippen LogP contribution >= 0.6 is 63.7 Å². The quantitative estimate of drug-likeness (QED) is 0.126. The summed E-state index contributed by atoms with van der Waals surface area (Å²) in [5, 5.41) is 0. The number of hydrogen-bond acceptors (Lipinski definition) is 6. The van der Waals surface area contributed by atoms with Crippen molar-refractivity contribution in [2.24, 2.45) is 0 Å². The van der Waals surface area contributed by atoms with Gasteiger partial charge in [-0.1, -0.05) is 221 Å². The van der Waals surface area contributed by atoms with Gasteiger partial charge in [-0.15, -0.1) is 0 Å². The molecule has 10 nitrogen and oxygen atoms in total. The van der Waals surface area contributed by atoms with E-state index < -0.39 is 11.8 Å². The van der Waals surface area contributed by atoms with E-state index in [9.17, 15) is 28.8 Å². The second-order valence-corrected chi connectivity index (χ2v) is 23.5.